The number of hydrogen-bond donors (Lipinski definition) is 2. The number of aliphatic hydroxyl groups excluding tert-OH is 2. The van der Waals surface area contributed by atoms with Crippen molar-refractivity contribution in [2.24, 2.45) is 0 Å². The molecule has 2 unspecified atom stereocenters. The Kier molecular flexibility index (Phi) is 10.2. The average Bonchev–Trinajstić information content (AvgIpc) is 2.87. The lowest BCUT2D eigenvalue weighted by molar-refractivity contribution is 0.0211. The molecule has 1 aliphatic carbocycles. The second kappa shape index (κ2) is 13.1. The zero-order chi connectivity index (χ0) is 27.0. The van der Waals surface area contributed by atoms with Crippen LogP contribution in [-0.4, -0.2) is 48.8 Å². The lowest BCUT2D eigenvalue weighted by atomic mass is 9.65. The van der Waals surface area contributed by atoms with Crippen molar-refractivity contribution in [3.63, 3.8) is 0 Å². The van der Waals surface area contributed by atoms with E-state index < -0.39 is 59.0 Å². The van der Waals surface area contributed by atoms with Crippen LogP contribution in [0.25, 0.3) is 0 Å². The number of benzene rings is 2. The van der Waals surface area contributed by atoms with Crippen molar-refractivity contribution in [1.29, 1.82) is 0 Å². The molecule has 2 aromatic carbocycles. The molecule has 0 amide bonds. The fourth-order valence-electron chi connectivity index (χ4n) is 4.63. The minimum absolute atomic E-state index is 0.0223. The molecule has 5 nitrogen and oxygen atoms in total. The van der Waals surface area contributed by atoms with Crippen LogP contribution in [-0.2, 0) is 10.2 Å². The van der Waals surface area contributed by atoms with Gasteiger partial charge in [-0.05, 0) is 54.7 Å². The monoisotopic (exact) mass is 524 g/mol. The molecule has 2 N–H and O–H groups in total. The summed E-state index contributed by atoms with van der Waals surface area (Å²) < 4.78 is 75.3. The topological polar surface area (TPSA) is 68.2 Å². The molecule has 0 radical (unpaired) electrons. The highest BCUT2D eigenvalue weighted by Crippen LogP contribution is 2.47. The van der Waals surface area contributed by atoms with E-state index in [-0.39, 0.29) is 30.9 Å². The molecular weight excluding hydrogens is 492 g/mol. The third kappa shape index (κ3) is 6.95. The Morgan fingerprint density at radius 1 is 0.811 bits per heavy atom. The summed E-state index contributed by atoms with van der Waals surface area (Å²) in [7, 11) is 0. The first-order chi connectivity index (χ1) is 17.7. The fourth-order valence-corrected chi connectivity index (χ4v) is 4.63. The molecule has 0 heterocycles. The maximum Gasteiger partial charge on any atom is 0.190 e. The van der Waals surface area contributed by atoms with Crippen LogP contribution in [0.5, 0.6) is 11.5 Å². The lowest BCUT2D eigenvalue weighted by Crippen LogP contribution is -2.31. The first kappa shape index (κ1) is 28.8. The number of aliphatic hydroxyl groups is 2. The SMILES string of the molecule is C#CCOCC(O)COc1c(F)cc(C2(c3cc(F)c(OCC(O)CC)c(F)c3)CCCCC2)cc1F. The van der Waals surface area contributed by atoms with Crippen LogP contribution in [0.3, 0.4) is 0 Å². The number of rotatable bonds is 12. The van der Waals surface area contributed by atoms with Gasteiger partial charge in [0.15, 0.2) is 34.8 Å². The first-order valence-electron chi connectivity index (χ1n) is 12.3. The summed E-state index contributed by atoms with van der Waals surface area (Å²) in [4.78, 5) is 0. The van der Waals surface area contributed by atoms with Crippen molar-refractivity contribution in [2.75, 3.05) is 26.4 Å². The quantitative estimate of drug-likeness (QED) is 0.232. The van der Waals surface area contributed by atoms with E-state index in [1.54, 1.807) is 6.92 Å². The van der Waals surface area contributed by atoms with Gasteiger partial charge in [-0.1, -0.05) is 32.1 Å². The summed E-state index contributed by atoms with van der Waals surface area (Å²) in [5.74, 6) is -2.93. The molecule has 0 bridgehead atoms. The third-order valence-corrected chi connectivity index (χ3v) is 6.62. The van der Waals surface area contributed by atoms with Crippen molar-refractivity contribution >= 4 is 0 Å². The molecule has 1 saturated carbocycles. The lowest BCUT2D eigenvalue weighted by Gasteiger charge is -2.39. The highest BCUT2D eigenvalue weighted by Gasteiger charge is 2.38. The molecule has 202 valence electrons. The van der Waals surface area contributed by atoms with Gasteiger partial charge in [0.25, 0.3) is 0 Å². The van der Waals surface area contributed by atoms with Crippen molar-refractivity contribution in [1.82, 2.24) is 0 Å². The molecule has 2 aromatic rings. The number of ether oxygens (including phenoxy) is 3. The van der Waals surface area contributed by atoms with Gasteiger partial charge in [-0.15, -0.1) is 6.42 Å². The molecule has 0 aromatic heterocycles. The Morgan fingerprint density at radius 2 is 1.27 bits per heavy atom. The van der Waals surface area contributed by atoms with Crippen LogP contribution in [0.1, 0.15) is 56.6 Å². The fraction of sp³-hybridized carbons (Fsp3) is 0.500. The van der Waals surface area contributed by atoms with Crippen LogP contribution >= 0.6 is 0 Å². The third-order valence-electron chi connectivity index (χ3n) is 6.62. The van der Waals surface area contributed by atoms with E-state index in [0.29, 0.717) is 32.1 Å². The number of hydrogen-bond acceptors (Lipinski definition) is 5. The van der Waals surface area contributed by atoms with Gasteiger partial charge in [-0.25, -0.2) is 17.6 Å². The molecular formula is C28H32F4O5. The normalized spacial score (nSPS) is 16.6. The Balaban J connectivity index is 1.90. The standard InChI is InChI=1S/C28H32F4O5/c1-3-10-35-15-21(34)17-37-27-24(31)13-19(14-25(27)32)28(8-6-5-7-9-28)18-11-22(29)26(23(30)12-18)36-16-20(33)4-2/h1,11-14,20-21,33-34H,4-10,15-17H2,2H3. The molecule has 37 heavy (non-hydrogen) atoms. The summed E-state index contributed by atoms with van der Waals surface area (Å²) >= 11 is 0. The maximum atomic E-state index is 15.0. The van der Waals surface area contributed by atoms with E-state index in [1.165, 1.54) is 0 Å². The molecule has 2 atom stereocenters. The molecule has 3 rings (SSSR count). The summed E-state index contributed by atoms with van der Waals surface area (Å²) in [5.41, 5.74) is -0.537. The van der Waals surface area contributed by atoms with Gasteiger partial charge in [0.2, 0.25) is 0 Å². The van der Waals surface area contributed by atoms with Crippen LogP contribution in [0.15, 0.2) is 24.3 Å². The van der Waals surface area contributed by atoms with E-state index in [4.69, 9.17) is 20.6 Å². The second-order valence-corrected chi connectivity index (χ2v) is 9.24. The van der Waals surface area contributed by atoms with E-state index >= 15 is 8.78 Å². The minimum atomic E-state index is -1.15. The number of terminal acetylenes is 1. The minimum Gasteiger partial charge on any atom is -0.485 e. The number of halogens is 4. The van der Waals surface area contributed by atoms with E-state index in [0.717, 1.165) is 30.7 Å². The van der Waals surface area contributed by atoms with E-state index in [9.17, 15) is 19.0 Å². The zero-order valence-electron chi connectivity index (χ0n) is 20.7. The van der Waals surface area contributed by atoms with Gasteiger partial charge in [0, 0.05) is 5.41 Å². The summed E-state index contributed by atoms with van der Waals surface area (Å²) in [6.07, 6.45) is 6.56. The van der Waals surface area contributed by atoms with E-state index in [1.807, 2.05) is 0 Å². The molecule has 1 aliphatic rings. The molecule has 0 aliphatic heterocycles. The van der Waals surface area contributed by atoms with Crippen LogP contribution in [0, 0.1) is 35.6 Å². The Bertz CT molecular complexity index is 1050. The van der Waals surface area contributed by atoms with Gasteiger partial charge in [-0.3, -0.25) is 0 Å². The molecule has 0 spiro atoms. The Labute approximate surface area is 214 Å². The summed E-state index contributed by atoms with van der Waals surface area (Å²) in [6, 6.07) is 4.50. The second-order valence-electron chi connectivity index (χ2n) is 9.24. The first-order valence-corrected chi connectivity index (χ1v) is 12.3. The predicted octanol–water partition coefficient (Wildman–Crippen LogP) is 5.03. The average molecular weight is 525 g/mol. The van der Waals surface area contributed by atoms with E-state index in [2.05, 4.69) is 5.92 Å². The summed E-state index contributed by atoms with van der Waals surface area (Å²) in [5, 5.41) is 19.5. The molecule has 1 fully saturated rings. The van der Waals surface area contributed by atoms with Gasteiger partial charge in [0.05, 0.1) is 12.7 Å². The Morgan fingerprint density at radius 3 is 1.70 bits per heavy atom. The predicted molar refractivity (Wildman–Crippen MR) is 130 cm³/mol. The smallest absolute Gasteiger partial charge is 0.190 e. The van der Waals surface area contributed by atoms with Crippen molar-refractivity contribution < 1.29 is 42.0 Å². The zero-order valence-corrected chi connectivity index (χ0v) is 20.7. The summed E-state index contributed by atoms with van der Waals surface area (Å²) in [6.45, 7) is 0.836. The van der Waals surface area contributed by atoms with Gasteiger partial charge in [0.1, 0.15) is 25.9 Å². The van der Waals surface area contributed by atoms with Crippen LogP contribution in [0.4, 0.5) is 17.6 Å². The molecule has 9 heteroatoms. The van der Waals surface area contributed by atoms with Crippen LogP contribution in [0.2, 0.25) is 0 Å². The maximum absolute atomic E-state index is 15.0. The van der Waals surface area contributed by atoms with Crippen molar-refractivity contribution in [2.45, 2.75) is 63.1 Å². The highest BCUT2D eigenvalue weighted by molar-refractivity contribution is 5.46. The van der Waals surface area contributed by atoms with Gasteiger partial charge >= 0.3 is 0 Å². The van der Waals surface area contributed by atoms with Crippen molar-refractivity contribution in [3.8, 4) is 23.8 Å². The molecule has 0 saturated heterocycles. The van der Waals surface area contributed by atoms with Crippen molar-refractivity contribution in [3.05, 3.63) is 58.7 Å². The largest absolute Gasteiger partial charge is 0.485 e. The van der Waals surface area contributed by atoms with Crippen LogP contribution < -0.4 is 9.47 Å². The highest BCUT2D eigenvalue weighted by atomic mass is 19.1. The Hall–Kier alpha value is -2.80. The van der Waals surface area contributed by atoms with Gasteiger partial charge < -0.3 is 24.4 Å². The van der Waals surface area contributed by atoms with Gasteiger partial charge in [-0.2, -0.15) is 0 Å².